The summed E-state index contributed by atoms with van der Waals surface area (Å²) in [5.41, 5.74) is 9.00. The molecule has 19 heavy (non-hydrogen) atoms. The number of fused-ring (bicyclic) bond motifs is 1. The van der Waals surface area contributed by atoms with Crippen LogP contribution in [0.5, 0.6) is 0 Å². The molecule has 1 heterocycles. The van der Waals surface area contributed by atoms with Gasteiger partial charge in [0.2, 0.25) is 0 Å². The maximum Gasteiger partial charge on any atom is 0.139 e. The van der Waals surface area contributed by atoms with E-state index in [1.165, 1.54) is 11.3 Å². The van der Waals surface area contributed by atoms with E-state index >= 15 is 0 Å². The van der Waals surface area contributed by atoms with Gasteiger partial charge in [0.25, 0.3) is 0 Å². The largest absolute Gasteiger partial charge is 0.384 e. The summed E-state index contributed by atoms with van der Waals surface area (Å²) in [7, 11) is 2.06. The first-order valence-corrected chi connectivity index (χ1v) is 7.18. The second-order valence-corrected chi connectivity index (χ2v) is 5.31. The van der Waals surface area contributed by atoms with Gasteiger partial charge in [0.05, 0.1) is 5.56 Å². The summed E-state index contributed by atoms with van der Waals surface area (Å²) in [5, 5.41) is 7.80. The Labute approximate surface area is 115 Å². The summed E-state index contributed by atoms with van der Waals surface area (Å²) in [4.78, 5) is 6.99. The van der Waals surface area contributed by atoms with Crippen LogP contribution in [0.15, 0.2) is 6.07 Å². The lowest BCUT2D eigenvalue weighted by molar-refractivity contribution is 0.586. The molecule has 0 unspecified atom stereocenters. The van der Waals surface area contributed by atoms with Crippen LogP contribution >= 0.6 is 0 Å². The third-order valence-corrected chi connectivity index (χ3v) is 4.15. The van der Waals surface area contributed by atoms with Crippen LogP contribution in [-0.2, 0) is 12.8 Å². The van der Waals surface area contributed by atoms with Gasteiger partial charge in [-0.1, -0.05) is 13.8 Å². The van der Waals surface area contributed by atoms with Crippen molar-refractivity contribution in [1.82, 2.24) is 4.98 Å². The topological polar surface area (TPSA) is 66.0 Å². The molecule has 0 saturated carbocycles. The molecule has 1 aromatic rings. The van der Waals surface area contributed by atoms with E-state index in [9.17, 15) is 0 Å². The SMILES string of the molecule is CCC(CC)N(C)c1nc2c(cc1C(=N)N)CCC2. The van der Waals surface area contributed by atoms with Crippen LogP contribution in [0.25, 0.3) is 0 Å². The molecule has 4 heteroatoms. The van der Waals surface area contributed by atoms with Gasteiger partial charge in [-0.3, -0.25) is 5.41 Å². The molecule has 0 spiro atoms. The molecule has 0 atom stereocenters. The Kier molecular flexibility index (Phi) is 4.08. The van der Waals surface area contributed by atoms with Crippen LogP contribution in [-0.4, -0.2) is 23.9 Å². The average Bonchev–Trinajstić information content (AvgIpc) is 2.85. The van der Waals surface area contributed by atoms with Crippen molar-refractivity contribution in [3.63, 3.8) is 0 Å². The summed E-state index contributed by atoms with van der Waals surface area (Å²) in [6.07, 6.45) is 5.43. The summed E-state index contributed by atoms with van der Waals surface area (Å²) in [6, 6.07) is 2.52. The minimum absolute atomic E-state index is 0.120. The molecule has 0 aromatic carbocycles. The van der Waals surface area contributed by atoms with Gasteiger partial charge in [0, 0.05) is 18.8 Å². The smallest absolute Gasteiger partial charge is 0.139 e. The first-order chi connectivity index (χ1) is 9.08. The lowest BCUT2D eigenvalue weighted by Gasteiger charge is -2.29. The molecule has 0 radical (unpaired) electrons. The minimum Gasteiger partial charge on any atom is -0.384 e. The molecule has 1 aliphatic rings. The van der Waals surface area contributed by atoms with Crippen LogP contribution in [0.4, 0.5) is 5.82 Å². The fourth-order valence-corrected chi connectivity index (χ4v) is 2.94. The fraction of sp³-hybridized carbons (Fsp3) is 0.600. The first-order valence-electron chi connectivity index (χ1n) is 7.18. The van der Waals surface area contributed by atoms with E-state index < -0.39 is 0 Å². The number of nitrogens with one attached hydrogen (secondary N) is 1. The van der Waals surface area contributed by atoms with Crippen molar-refractivity contribution in [3.8, 4) is 0 Å². The van der Waals surface area contributed by atoms with Gasteiger partial charge in [-0.2, -0.15) is 0 Å². The molecule has 104 valence electrons. The van der Waals surface area contributed by atoms with Crippen molar-refractivity contribution >= 4 is 11.7 Å². The maximum atomic E-state index is 7.80. The summed E-state index contributed by atoms with van der Waals surface area (Å²) < 4.78 is 0. The van der Waals surface area contributed by atoms with Crippen LogP contribution in [0.2, 0.25) is 0 Å². The molecular weight excluding hydrogens is 236 g/mol. The highest BCUT2D eigenvalue weighted by Crippen LogP contribution is 2.28. The zero-order valence-electron chi connectivity index (χ0n) is 12.2. The van der Waals surface area contributed by atoms with Crippen molar-refractivity contribution in [2.45, 2.75) is 52.0 Å². The quantitative estimate of drug-likeness (QED) is 0.631. The molecule has 1 aromatic heterocycles. The second kappa shape index (κ2) is 5.59. The van der Waals surface area contributed by atoms with E-state index in [0.717, 1.165) is 43.5 Å². The standard InChI is InChI=1S/C15H24N4/c1-4-11(5-2)19(3)15-12(14(16)17)9-10-7-6-8-13(10)18-15/h9,11H,4-8H2,1-3H3,(H3,16,17). The minimum atomic E-state index is 0.120. The number of aryl methyl sites for hydroxylation is 2. The summed E-state index contributed by atoms with van der Waals surface area (Å²) >= 11 is 0. The number of nitrogens with zero attached hydrogens (tertiary/aromatic N) is 2. The second-order valence-electron chi connectivity index (χ2n) is 5.31. The zero-order chi connectivity index (χ0) is 14.0. The third-order valence-electron chi connectivity index (χ3n) is 4.15. The number of anilines is 1. The molecule has 0 fully saturated rings. The number of amidine groups is 1. The van der Waals surface area contributed by atoms with Gasteiger partial charge in [-0.25, -0.2) is 4.98 Å². The Morgan fingerprint density at radius 3 is 2.68 bits per heavy atom. The number of aromatic nitrogens is 1. The van der Waals surface area contributed by atoms with Gasteiger partial charge in [0.15, 0.2) is 0 Å². The number of rotatable bonds is 5. The normalized spacial score (nSPS) is 13.7. The molecule has 2 rings (SSSR count). The average molecular weight is 260 g/mol. The molecule has 1 aliphatic carbocycles. The Balaban J connectivity index is 2.45. The zero-order valence-corrected chi connectivity index (χ0v) is 12.2. The predicted molar refractivity (Wildman–Crippen MR) is 80.1 cm³/mol. The molecule has 4 nitrogen and oxygen atoms in total. The third kappa shape index (κ3) is 2.57. The van der Waals surface area contributed by atoms with Gasteiger partial charge in [-0.15, -0.1) is 0 Å². The number of nitrogens with two attached hydrogens (primary N) is 1. The summed E-state index contributed by atoms with van der Waals surface area (Å²) in [5.74, 6) is 0.997. The van der Waals surface area contributed by atoms with Crippen LogP contribution < -0.4 is 10.6 Å². The highest BCUT2D eigenvalue weighted by Gasteiger charge is 2.22. The van der Waals surface area contributed by atoms with E-state index in [1.807, 2.05) is 0 Å². The monoisotopic (exact) mass is 260 g/mol. The highest BCUT2D eigenvalue weighted by molar-refractivity contribution is 6.00. The van der Waals surface area contributed by atoms with Gasteiger partial charge < -0.3 is 10.6 Å². The molecular formula is C15H24N4. The van der Waals surface area contributed by atoms with E-state index in [4.69, 9.17) is 16.1 Å². The lowest BCUT2D eigenvalue weighted by atomic mass is 10.1. The Morgan fingerprint density at radius 1 is 1.42 bits per heavy atom. The van der Waals surface area contributed by atoms with Gasteiger partial charge in [0.1, 0.15) is 11.7 Å². The van der Waals surface area contributed by atoms with Crippen molar-refractivity contribution in [2.75, 3.05) is 11.9 Å². The number of nitrogen functional groups attached to an aromatic ring is 1. The Bertz CT molecular complexity index is 477. The predicted octanol–water partition coefficient (Wildman–Crippen LogP) is 2.48. The highest BCUT2D eigenvalue weighted by atomic mass is 15.2. The lowest BCUT2D eigenvalue weighted by Crippen LogP contribution is -2.33. The van der Waals surface area contributed by atoms with Crippen molar-refractivity contribution in [3.05, 3.63) is 22.9 Å². The Morgan fingerprint density at radius 2 is 2.11 bits per heavy atom. The van der Waals surface area contributed by atoms with Gasteiger partial charge >= 0.3 is 0 Å². The van der Waals surface area contributed by atoms with Crippen LogP contribution in [0.1, 0.15) is 49.9 Å². The van der Waals surface area contributed by atoms with Crippen molar-refractivity contribution in [1.29, 1.82) is 5.41 Å². The van der Waals surface area contributed by atoms with Gasteiger partial charge in [-0.05, 0) is 43.7 Å². The molecule has 3 N–H and O–H groups in total. The first kappa shape index (κ1) is 13.8. The number of pyridine rings is 1. The summed E-state index contributed by atoms with van der Waals surface area (Å²) in [6.45, 7) is 4.37. The van der Waals surface area contributed by atoms with E-state index in [1.54, 1.807) is 0 Å². The fourth-order valence-electron chi connectivity index (χ4n) is 2.94. The molecule has 0 aliphatic heterocycles. The molecule has 0 saturated heterocycles. The maximum absolute atomic E-state index is 7.80. The number of hydrogen-bond acceptors (Lipinski definition) is 3. The number of hydrogen-bond donors (Lipinski definition) is 2. The van der Waals surface area contributed by atoms with Crippen molar-refractivity contribution in [2.24, 2.45) is 5.73 Å². The van der Waals surface area contributed by atoms with E-state index in [-0.39, 0.29) is 5.84 Å². The van der Waals surface area contributed by atoms with E-state index in [0.29, 0.717) is 6.04 Å². The van der Waals surface area contributed by atoms with Crippen molar-refractivity contribution < 1.29 is 0 Å². The van der Waals surface area contributed by atoms with E-state index in [2.05, 4.69) is 31.9 Å². The van der Waals surface area contributed by atoms with Crippen LogP contribution in [0.3, 0.4) is 0 Å². The van der Waals surface area contributed by atoms with Crippen LogP contribution in [0, 0.1) is 5.41 Å². The Hall–Kier alpha value is -1.58. The molecule has 0 bridgehead atoms. The molecule has 0 amide bonds.